The van der Waals surface area contributed by atoms with Crippen LogP contribution in [0, 0.1) is 0 Å². The molecule has 4 heteroatoms. The number of benzene rings is 2. The molecule has 0 fully saturated rings. The van der Waals surface area contributed by atoms with Crippen molar-refractivity contribution in [1.29, 1.82) is 0 Å². The SMILES string of the molecule is OC(c1ccc(Cl)c(Br)c1)c1ccc2cccnc2c1. The van der Waals surface area contributed by atoms with Crippen molar-refractivity contribution in [3.63, 3.8) is 0 Å². The van der Waals surface area contributed by atoms with Crippen LogP contribution < -0.4 is 0 Å². The summed E-state index contributed by atoms with van der Waals surface area (Å²) in [7, 11) is 0. The fourth-order valence-corrected chi connectivity index (χ4v) is 2.64. The second-order valence-corrected chi connectivity index (χ2v) is 5.79. The lowest BCUT2D eigenvalue weighted by molar-refractivity contribution is 0.220. The van der Waals surface area contributed by atoms with Gasteiger partial charge in [0.25, 0.3) is 0 Å². The van der Waals surface area contributed by atoms with E-state index in [2.05, 4.69) is 20.9 Å². The van der Waals surface area contributed by atoms with Gasteiger partial charge in [0.2, 0.25) is 0 Å². The Hall–Kier alpha value is -1.42. The third-order valence-corrected chi connectivity index (χ3v) is 4.42. The van der Waals surface area contributed by atoms with Gasteiger partial charge in [0.05, 0.1) is 10.5 Å². The molecule has 0 saturated heterocycles. The van der Waals surface area contributed by atoms with E-state index in [-0.39, 0.29) is 0 Å². The van der Waals surface area contributed by atoms with Crippen LogP contribution in [0.15, 0.2) is 59.2 Å². The highest BCUT2D eigenvalue weighted by atomic mass is 79.9. The van der Waals surface area contributed by atoms with E-state index in [1.165, 1.54) is 0 Å². The molecule has 1 N–H and O–H groups in total. The van der Waals surface area contributed by atoms with Gasteiger partial charge in [-0.25, -0.2) is 0 Å². The number of hydrogen-bond acceptors (Lipinski definition) is 2. The zero-order chi connectivity index (χ0) is 14.1. The van der Waals surface area contributed by atoms with Gasteiger partial charge in [-0.2, -0.15) is 0 Å². The number of aliphatic hydroxyl groups is 1. The Labute approximate surface area is 130 Å². The van der Waals surface area contributed by atoms with Crippen molar-refractivity contribution < 1.29 is 5.11 Å². The van der Waals surface area contributed by atoms with Crippen LogP contribution in [0.4, 0.5) is 0 Å². The number of nitrogens with zero attached hydrogens (tertiary/aromatic N) is 1. The molecule has 0 bridgehead atoms. The Bertz CT molecular complexity index is 775. The Balaban J connectivity index is 2.02. The normalized spacial score (nSPS) is 12.6. The van der Waals surface area contributed by atoms with Crippen LogP contribution in [0.5, 0.6) is 0 Å². The first kappa shape index (κ1) is 13.6. The minimum Gasteiger partial charge on any atom is -0.384 e. The van der Waals surface area contributed by atoms with Crippen molar-refractivity contribution in [3.8, 4) is 0 Å². The summed E-state index contributed by atoms with van der Waals surface area (Å²) in [6.45, 7) is 0. The maximum Gasteiger partial charge on any atom is 0.104 e. The third kappa shape index (κ3) is 2.57. The molecule has 2 aromatic carbocycles. The van der Waals surface area contributed by atoms with Crippen LogP contribution in [0.25, 0.3) is 10.9 Å². The Kier molecular flexibility index (Phi) is 3.74. The molecule has 0 saturated carbocycles. The molecule has 0 radical (unpaired) electrons. The molecule has 1 aromatic heterocycles. The van der Waals surface area contributed by atoms with Crippen LogP contribution in [0.1, 0.15) is 17.2 Å². The first-order valence-electron chi connectivity index (χ1n) is 6.13. The molecule has 0 spiro atoms. The topological polar surface area (TPSA) is 33.1 Å². The van der Waals surface area contributed by atoms with Crippen LogP contribution in [-0.2, 0) is 0 Å². The Morgan fingerprint density at radius 3 is 2.60 bits per heavy atom. The van der Waals surface area contributed by atoms with Gasteiger partial charge >= 0.3 is 0 Å². The third-order valence-electron chi connectivity index (χ3n) is 3.21. The van der Waals surface area contributed by atoms with Crippen molar-refractivity contribution >= 4 is 38.4 Å². The van der Waals surface area contributed by atoms with Gasteiger partial charge in [-0.3, -0.25) is 4.98 Å². The highest BCUT2D eigenvalue weighted by molar-refractivity contribution is 9.10. The van der Waals surface area contributed by atoms with E-state index in [1.54, 1.807) is 12.3 Å². The summed E-state index contributed by atoms with van der Waals surface area (Å²) in [5.74, 6) is 0. The molecule has 3 aromatic rings. The monoisotopic (exact) mass is 347 g/mol. The summed E-state index contributed by atoms with van der Waals surface area (Å²) in [5, 5.41) is 12.2. The number of hydrogen-bond donors (Lipinski definition) is 1. The fourth-order valence-electron chi connectivity index (χ4n) is 2.13. The average Bonchev–Trinajstić information content (AvgIpc) is 2.49. The number of aromatic nitrogens is 1. The molecular weight excluding hydrogens is 338 g/mol. The molecule has 1 unspecified atom stereocenters. The lowest BCUT2D eigenvalue weighted by atomic mass is 10.0. The summed E-state index contributed by atoms with van der Waals surface area (Å²) >= 11 is 9.34. The lowest BCUT2D eigenvalue weighted by Gasteiger charge is -2.13. The van der Waals surface area contributed by atoms with Gasteiger partial charge in [-0.15, -0.1) is 0 Å². The summed E-state index contributed by atoms with van der Waals surface area (Å²) in [6.07, 6.45) is 1.05. The summed E-state index contributed by atoms with van der Waals surface area (Å²) in [6, 6.07) is 15.1. The predicted molar refractivity (Wildman–Crippen MR) is 85.0 cm³/mol. The van der Waals surface area contributed by atoms with Crippen molar-refractivity contribution in [1.82, 2.24) is 4.98 Å². The van der Waals surface area contributed by atoms with E-state index in [9.17, 15) is 5.11 Å². The molecule has 1 atom stereocenters. The maximum atomic E-state index is 10.5. The number of aliphatic hydroxyl groups excluding tert-OH is 1. The average molecular weight is 349 g/mol. The van der Waals surface area contributed by atoms with E-state index in [0.717, 1.165) is 26.5 Å². The van der Waals surface area contributed by atoms with Gasteiger partial charge < -0.3 is 5.11 Å². The van der Waals surface area contributed by atoms with Crippen LogP contribution in [0.3, 0.4) is 0 Å². The van der Waals surface area contributed by atoms with Crippen LogP contribution in [0.2, 0.25) is 5.02 Å². The summed E-state index contributed by atoms with van der Waals surface area (Å²) in [5.41, 5.74) is 2.47. The highest BCUT2D eigenvalue weighted by Gasteiger charge is 2.12. The number of rotatable bonds is 2. The van der Waals surface area contributed by atoms with Gasteiger partial charge in [-0.1, -0.05) is 35.9 Å². The molecule has 3 rings (SSSR count). The van der Waals surface area contributed by atoms with E-state index in [4.69, 9.17) is 11.6 Å². The van der Waals surface area contributed by atoms with E-state index in [1.807, 2.05) is 42.5 Å². The predicted octanol–water partition coefficient (Wildman–Crippen LogP) is 4.73. The van der Waals surface area contributed by atoms with E-state index in [0.29, 0.717) is 5.02 Å². The Morgan fingerprint density at radius 1 is 1.05 bits per heavy atom. The van der Waals surface area contributed by atoms with Gasteiger partial charge in [0.1, 0.15) is 6.10 Å². The first-order chi connectivity index (χ1) is 9.65. The second-order valence-electron chi connectivity index (χ2n) is 4.53. The van der Waals surface area contributed by atoms with Gasteiger partial charge in [0.15, 0.2) is 0 Å². The molecular formula is C16H11BrClNO. The molecule has 1 heterocycles. The minimum absolute atomic E-state index is 0.626. The maximum absolute atomic E-state index is 10.5. The minimum atomic E-state index is -0.699. The largest absolute Gasteiger partial charge is 0.384 e. The molecule has 100 valence electrons. The number of halogens is 2. The Morgan fingerprint density at radius 2 is 1.80 bits per heavy atom. The standard InChI is InChI=1S/C16H11BrClNO/c17-13-8-11(5-6-14(13)18)16(20)12-4-3-10-2-1-7-19-15(10)9-12/h1-9,16,20H. The molecule has 2 nitrogen and oxygen atoms in total. The zero-order valence-corrected chi connectivity index (χ0v) is 12.8. The van der Waals surface area contributed by atoms with Crippen molar-refractivity contribution in [2.45, 2.75) is 6.10 Å². The van der Waals surface area contributed by atoms with Crippen molar-refractivity contribution in [3.05, 3.63) is 75.4 Å². The second kappa shape index (κ2) is 5.52. The van der Waals surface area contributed by atoms with Gasteiger partial charge in [-0.05, 0) is 51.3 Å². The van der Waals surface area contributed by atoms with Crippen LogP contribution in [-0.4, -0.2) is 10.1 Å². The molecule has 0 amide bonds. The van der Waals surface area contributed by atoms with E-state index < -0.39 is 6.10 Å². The summed E-state index contributed by atoms with van der Waals surface area (Å²) < 4.78 is 0.773. The summed E-state index contributed by atoms with van der Waals surface area (Å²) in [4.78, 5) is 4.31. The number of pyridine rings is 1. The smallest absolute Gasteiger partial charge is 0.104 e. The molecule has 20 heavy (non-hydrogen) atoms. The van der Waals surface area contributed by atoms with Gasteiger partial charge in [0, 0.05) is 16.1 Å². The lowest BCUT2D eigenvalue weighted by Crippen LogP contribution is -1.99. The zero-order valence-electron chi connectivity index (χ0n) is 10.4. The van der Waals surface area contributed by atoms with Crippen molar-refractivity contribution in [2.75, 3.05) is 0 Å². The quantitative estimate of drug-likeness (QED) is 0.726. The van der Waals surface area contributed by atoms with Crippen molar-refractivity contribution in [2.24, 2.45) is 0 Å². The van der Waals surface area contributed by atoms with Crippen LogP contribution >= 0.6 is 27.5 Å². The molecule has 0 aliphatic carbocycles. The molecule has 0 aliphatic heterocycles. The van der Waals surface area contributed by atoms with E-state index >= 15 is 0 Å². The fraction of sp³-hybridized carbons (Fsp3) is 0.0625. The number of fused-ring (bicyclic) bond motifs is 1. The highest BCUT2D eigenvalue weighted by Crippen LogP contribution is 2.30. The molecule has 0 aliphatic rings. The first-order valence-corrected chi connectivity index (χ1v) is 7.30.